The molecule has 0 aromatic heterocycles. The van der Waals surface area contributed by atoms with Crippen LogP contribution < -0.4 is 0 Å². The minimum absolute atomic E-state index is 0.101. The number of aliphatic hydroxyl groups excluding tert-OH is 1. The van der Waals surface area contributed by atoms with Crippen molar-refractivity contribution in [3.8, 4) is 0 Å². The number of aliphatic hydroxyl groups is 1. The summed E-state index contributed by atoms with van der Waals surface area (Å²) in [4.78, 5) is -0.584. The van der Waals surface area contributed by atoms with Crippen LogP contribution in [0.4, 0.5) is 8.78 Å². The molecule has 0 spiro atoms. The van der Waals surface area contributed by atoms with Crippen LogP contribution in [0.25, 0.3) is 0 Å². The van der Waals surface area contributed by atoms with Gasteiger partial charge in [-0.05, 0) is 34.8 Å². The topological polar surface area (TPSA) is 57.6 Å². The Morgan fingerprint density at radius 3 is 2.45 bits per heavy atom. The summed E-state index contributed by atoms with van der Waals surface area (Å²) in [5.41, 5.74) is 0. The Balaban J connectivity index is 2.47. The Kier molecular flexibility index (Phi) is 4.78. The zero-order chi connectivity index (χ0) is 14.9. The van der Waals surface area contributed by atoms with Gasteiger partial charge in [0.05, 0.1) is 6.61 Å². The predicted molar refractivity (Wildman–Crippen MR) is 72.7 cm³/mol. The molecule has 1 aromatic rings. The van der Waals surface area contributed by atoms with Crippen molar-refractivity contribution < 1.29 is 22.3 Å². The lowest BCUT2D eigenvalue weighted by atomic mass is 9.93. The summed E-state index contributed by atoms with van der Waals surface area (Å²) < 4.78 is 52.9. The van der Waals surface area contributed by atoms with Gasteiger partial charge in [0.1, 0.15) is 16.5 Å². The molecule has 1 aliphatic rings. The number of halogens is 3. The Bertz CT molecular complexity index is 582. The first kappa shape index (κ1) is 15.8. The molecule has 0 unspecified atom stereocenters. The lowest BCUT2D eigenvalue weighted by Crippen LogP contribution is -2.45. The molecule has 0 atom stereocenters. The molecule has 4 nitrogen and oxygen atoms in total. The van der Waals surface area contributed by atoms with E-state index in [0.29, 0.717) is 18.9 Å². The Morgan fingerprint density at radius 2 is 2.00 bits per heavy atom. The molecule has 1 saturated carbocycles. The van der Waals surface area contributed by atoms with Gasteiger partial charge in [-0.25, -0.2) is 17.2 Å². The van der Waals surface area contributed by atoms with Crippen LogP contribution >= 0.6 is 15.9 Å². The van der Waals surface area contributed by atoms with Crippen molar-refractivity contribution in [2.75, 3.05) is 13.2 Å². The average molecular weight is 370 g/mol. The second-order valence-corrected chi connectivity index (χ2v) is 7.30. The molecule has 20 heavy (non-hydrogen) atoms. The van der Waals surface area contributed by atoms with E-state index < -0.39 is 26.6 Å². The summed E-state index contributed by atoms with van der Waals surface area (Å²) in [7, 11) is -4.12. The highest BCUT2D eigenvalue weighted by atomic mass is 79.9. The lowest BCUT2D eigenvalue weighted by Gasteiger charge is -2.36. The average Bonchev–Trinajstić information content (AvgIpc) is 2.23. The summed E-state index contributed by atoms with van der Waals surface area (Å²) in [5, 5.41) is 9.03. The molecular formula is C12H14BrF2NO3S. The van der Waals surface area contributed by atoms with Crippen LogP contribution in [-0.2, 0) is 10.0 Å². The first-order valence-corrected chi connectivity index (χ1v) is 8.38. The number of hydrogen-bond donors (Lipinski definition) is 1. The fourth-order valence-corrected chi connectivity index (χ4v) is 4.96. The van der Waals surface area contributed by atoms with Crippen molar-refractivity contribution in [3.63, 3.8) is 0 Å². The molecule has 112 valence electrons. The van der Waals surface area contributed by atoms with Crippen molar-refractivity contribution >= 4 is 26.0 Å². The molecule has 0 bridgehead atoms. The highest BCUT2D eigenvalue weighted by Gasteiger charge is 2.37. The third-order valence-corrected chi connectivity index (χ3v) is 6.25. The van der Waals surface area contributed by atoms with E-state index in [-0.39, 0.29) is 23.7 Å². The van der Waals surface area contributed by atoms with E-state index >= 15 is 0 Å². The molecule has 0 saturated heterocycles. The van der Waals surface area contributed by atoms with Gasteiger partial charge in [-0.2, -0.15) is 4.31 Å². The van der Waals surface area contributed by atoms with E-state index in [1.807, 2.05) is 0 Å². The SMILES string of the molecule is O=S(=O)(c1c(F)cc(F)cc1Br)N(CCO)C1CCC1. The summed E-state index contributed by atoms with van der Waals surface area (Å²) in [6.45, 7) is -0.452. The number of rotatable bonds is 5. The van der Waals surface area contributed by atoms with E-state index in [9.17, 15) is 17.2 Å². The molecule has 1 fully saturated rings. The zero-order valence-electron chi connectivity index (χ0n) is 10.5. The first-order valence-electron chi connectivity index (χ1n) is 6.15. The second kappa shape index (κ2) is 6.05. The van der Waals surface area contributed by atoms with E-state index in [1.165, 1.54) is 0 Å². The molecule has 1 aliphatic carbocycles. The van der Waals surface area contributed by atoms with Gasteiger partial charge in [-0.1, -0.05) is 6.42 Å². The first-order chi connectivity index (χ1) is 9.37. The summed E-state index contributed by atoms with van der Waals surface area (Å²) in [6.07, 6.45) is 2.26. The van der Waals surface area contributed by atoms with Gasteiger partial charge in [0.2, 0.25) is 10.0 Å². The second-order valence-electron chi connectivity index (χ2n) is 4.62. The maximum atomic E-state index is 13.9. The number of sulfonamides is 1. The van der Waals surface area contributed by atoms with Crippen molar-refractivity contribution in [1.82, 2.24) is 4.31 Å². The molecule has 8 heteroatoms. The van der Waals surface area contributed by atoms with Gasteiger partial charge in [0, 0.05) is 23.1 Å². The Labute approximate surface area is 124 Å². The minimum Gasteiger partial charge on any atom is -0.395 e. The standard InChI is InChI=1S/C12H14BrF2NO3S/c13-10-6-8(14)7-11(15)12(10)20(18,19)16(4-5-17)9-2-1-3-9/h6-7,9,17H,1-5H2. The highest BCUT2D eigenvalue weighted by molar-refractivity contribution is 9.10. The van der Waals surface area contributed by atoms with Gasteiger partial charge >= 0.3 is 0 Å². The number of hydrogen-bond acceptors (Lipinski definition) is 3. The fraction of sp³-hybridized carbons (Fsp3) is 0.500. The van der Waals surface area contributed by atoms with Crippen molar-refractivity contribution in [3.05, 3.63) is 28.2 Å². The van der Waals surface area contributed by atoms with Crippen LogP contribution in [0.5, 0.6) is 0 Å². The monoisotopic (exact) mass is 369 g/mol. The van der Waals surface area contributed by atoms with Crippen LogP contribution in [0, 0.1) is 11.6 Å². The number of nitrogens with zero attached hydrogens (tertiary/aromatic N) is 1. The molecule has 1 N–H and O–H groups in total. The van der Waals surface area contributed by atoms with Crippen LogP contribution in [0.3, 0.4) is 0 Å². The van der Waals surface area contributed by atoms with Gasteiger partial charge in [0.25, 0.3) is 0 Å². The van der Waals surface area contributed by atoms with Crippen LogP contribution in [-0.4, -0.2) is 37.0 Å². The smallest absolute Gasteiger partial charge is 0.247 e. The van der Waals surface area contributed by atoms with Crippen molar-refractivity contribution in [2.24, 2.45) is 0 Å². The van der Waals surface area contributed by atoms with E-state index in [4.69, 9.17) is 5.11 Å². The number of benzene rings is 1. The molecule has 2 rings (SSSR count). The van der Waals surface area contributed by atoms with Crippen LogP contribution in [0.15, 0.2) is 21.5 Å². The molecule has 1 aromatic carbocycles. The minimum atomic E-state index is -4.12. The summed E-state index contributed by atoms with van der Waals surface area (Å²) in [5.74, 6) is -2.00. The Morgan fingerprint density at radius 1 is 1.35 bits per heavy atom. The largest absolute Gasteiger partial charge is 0.395 e. The van der Waals surface area contributed by atoms with Crippen LogP contribution in [0.2, 0.25) is 0 Å². The zero-order valence-corrected chi connectivity index (χ0v) is 12.9. The quantitative estimate of drug-likeness (QED) is 0.865. The van der Waals surface area contributed by atoms with Gasteiger partial charge < -0.3 is 5.11 Å². The maximum absolute atomic E-state index is 13.9. The highest BCUT2D eigenvalue weighted by Crippen LogP contribution is 2.34. The van der Waals surface area contributed by atoms with Gasteiger partial charge in [-0.3, -0.25) is 0 Å². The van der Waals surface area contributed by atoms with Gasteiger partial charge in [-0.15, -0.1) is 0 Å². The third-order valence-electron chi connectivity index (χ3n) is 3.33. The lowest BCUT2D eigenvalue weighted by molar-refractivity contribution is 0.177. The van der Waals surface area contributed by atoms with E-state index in [1.54, 1.807) is 0 Å². The molecule has 0 heterocycles. The van der Waals surface area contributed by atoms with Crippen molar-refractivity contribution in [2.45, 2.75) is 30.2 Å². The van der Waals surface area contributed by atoms with E-state index in [2.05, 4.69) is 15.9 Å². The molecule has 0 radical (unpaired) electrons. The normalized spacial score (nSPS) is 16.4. The molecular weight excluding hydrogens is 356 g/mol. The third kappa shape index (κ3) is 2.88. The summed E-state index contributed by atoms with van der Waals surface area (Å²) >= 11 is 2.89. The molecule has 0 aliphatic heterocycles. The molecule has 0 amide bonds. The van der Waals surface area contributed by atoms with Crippen LogP contribution in [0.1, 0.15) is 19.3 Å². The maximum Gasteiger partial charge on any atom is 0.247 e. The van der Waals surface area contributed by atoms with Gasteiger partial charge in [0.15, 0.2) is 0 Å². The Hall–Kier alpha value is -0.570. The predicted octanol–water partition coefficient (Wildman–Crippen LogP) is 2.26. The fourth-order valence-electron chi connectivity index (χ4n) is 2.16. The van der Waals surface area contributed by atoms with Crippen molar-refractivity contribution in [1.29, 1.82) is 0 Å². The summed E-state index contributed by atoms with van der Waals surface area (Å²) in [6, 6.07) is 1.21. The van der Waals surface area contributed by atoms with E-state index in [0.717, 1.165) is 16.8 Å².